The number of hydrogen-bond acceptors (Lipinski definition) is 4. The fourth-order valence-corrected chi connectivity index (χ4v) is 2.98. The van der Waals surface area contributed by atoms with Gasteiger partial charge in [-0.05, 0) is 42.8 Å². The molecule has 3 amide bonds. The summed E-state index contributed by atoms with van der Waals surface area (Å²) in [4.78, 5) is 37.4. The number of amides is 3. The summed E-state index contributed by atoms with van der Waals surface area (Å²) in [6.07, 6.45) is -4.64. The van der Waals surface area contributed by atoms with Crippen LogP contribution in [0.25, 0.3) is 0 Å². The lowest BCUT2D eigenvalue weighted by Crippen LogP contribution is -2.33. The average Bonchev–Trinajstić information content (AvgIpc) is 3.02. The second-order valence-electron chi connectivity index (χ2n) is 6.31. The van der Waals surface area contributed by atoms with Crippen LogP contribution in [-0.4, -0.2) is 30.6 Å². The van der Waals surface area contributed by atoms with Crippen LogP contribution < -0.4 is 20.7 Å². The maximum absolute atomic E-state index is 12.6. The Labute approximate surface area is 163 Å². The molecule has 29 heavy (non-hydrogen) atoms. The number of ether oxygens (including phenoxy) is 1. The first-order chi connectivity index (χ1) is 13.6. The van der Waals surface area contributed by atoms with E-state index in [-0.39, 0.29) is 24.2 Å². The number of carbonyl (C=O) groups is 3. The number of benzene rings is 2. The fourth-order valence-electron chi connectivity index (χ4n) is 2.98. The smallest absolute Gasteiger partial charge is 0.406 e. The van der Waals surface area contributed by atoms with Gasteiger partial charge in [0.15, 0.2) is 0 Å². The van der Waals surface area contributed by atoms with Crippen molar-refractivity contribution in [3.8, 4) is 5.75 Å². The first-order valence-electron chi connectivity index (χ1n) is 8.52. The molecule has 1 fully saturated rings. The molecular weight excluding hydrogens is 391 g/mol. The van der Waals surface area contributed by atoms with Crippen molar-refractivity contribution in [3.05, 3.63) is 54.1 Å². The topological polar surface area (TPSA) is 102 Å². The summed E-state index contributed by atoms with van der Waals surface area (Å²) in [6.45, 7) is 0.174. The number of nitrogens with two attached hydrogens (primary N) is 1. The highest BCUT2D eigenvalue weighted by molar-refractivity contribution is 6.13. The van der Waals surface area contributed by atoms with E-state index in [1.165, 1.54) is 41.3 Å². The fraction of sp³-hybridized carbons (Fsp3) is 0.211. The Morgan fingerprint density at radius 3 is 2.45 bits per heavy atom. The summed E-state index contributed by atoms with van der Waals surface area (Å²) in [5, 5.41) is 2.58. The molecular formula is C19H16F3N3O4. The second kappa shape index (κ2) is 7.82. The van der Waals surface area contributed by atoms with Crippen molar-refractivity contribution in [2.45, 2.75) is 12.8 Å². The highest BCUT2D eigenvalue weighted by Crippen LogP contribution is 2.31. The third-order valence-corrected chi connectivity index (χ3v) is 4.32. The van der Waals surface area contributed by atoms with E-state index in [1.807, 2.05) is 0 Å². The van der Waals surface area contributed by atoms with Gasteiger partial charge in [-0.2, -0.15) is 0 Å². The van der Waals surface area contributed by atoms with Gasteiger partial charge in [0.2, 0.25) is 17.7 Å². The molecule has 2 aromatic rings. The summed E-state index contributed by atoms with van der Waals surface area (Å²) < 4.78 is 41.0. The van der Waals surface area contributed by atoms with Gasteiger partial charge in [-0.3, -0.25) is 14.4 Å². The van der Waals surface area contributed by atoms with E-state index in [0.717, 1.165) is 12.1 Å². The molecule has 0 aromatic heterocycles. The van der Waals surface area contributed by atoms with Gasteiger partial charge in [0.1, 0.15) is 11.7 Å². The maximum atomic E-state index is 12.6. The maximum Gasteiger partial charge on any atom is 0.573 e. The minimum absolute atomic E-state index is 0.174. The van der Waals surface area contributed by atoms with Crippen LogP contribution in [-0.2, 0) is 9.59 Å². The SMILES string of the molecule is NC(=O)c1ccc(NC(=O)[C@@H]2CCN(c3cccc(OC(F)(F)F)c3)C2=O)cc1. The van der Waals surface area contributed by atoms with Crippen molar-refractivity contribution >= 4 is 29.1 Å². The van der Waals surface area contributed by atoms with Crippen LogP contribution in [0.2, 0.25) is 0 Å². The first kappa shape index (κ1) is 20.2. The number of anilines is 2. The van der Waals surface area contributed by atoms with Gasteiger partial charge < -0.3 is 20.7 Å². The van der Waals surface area contributed by atoms with Crippen LogP contribution in [0.4, 0.5) is 24.5 Å². The van der Waals surface area contributed by atoms with Gasteiger partial charge in [0.25, 0.3) is 0 Å². The number of nitrogens with zero attached hydrogens (tertiary/aromatic N) is 1. The monoisotopic (exact) mass is 407 g/mol. The molecule has 1 saturated heterocycles. The van der Waals surface area contributed by atoms with E-state index in [1.54, 1.807) is 0 Å². The molecule has 0 spiro atoms. The number of carbonyl (C=O) groups excluding carboxylic acids is 3. The molecule has 0 unspecified atom stereocenters. The third kappa shape index (κ3) is 4.84. The lowest BCUT2D eigenvalue weighted by atomic mass is 10.1. The van der Waals surface area contributed by atoms with Gasteiger partial charge >= 0.3 is 6.36 Å². The molecule has 3 rings (SSSR count). The molecule has 1 heterocycles. The molecule has 152 valence electrons. The molecule has 1 aliphatic heterocycles. The molecule has 3 N–H and O–H groups in total. The second-order valence-corrected chi connectivity index (χ2v) is 6.31. The Morgan fingerprint density at radius 1 is 1.14 bits per heavy atom. The summed E-state index contributed by atoms with van der Waals surface area (Å²) in [5.74, 6) is -3.13. The van der Waals surface area contributed by atoms with Crippen LogP contribution in [0.1, 0.15) is 16.8 Å². The number of halogens is 3. The normalized spacial score (nSPS) is 16.6. The van der Waals surface area contributed by atoms with E-state index in [9.17, 15) is 27.6 Å². The molecule has 0 bridgehead atoms. The average molecular weight is 407 g/mol. The zero-order valence-electron chi connectivity index (χ0n) is 14.9. The number of rotatable bonds is 5. The van der Waals surface area contributed by atoms with Gasteiger partial charge in [0.05, 0.1) is 0 Å². The van der Waals surface area contributed by atoms with E-state index >= 15 is 0 Å². The Morgan fingerprint density at radius 2 is 1.83 bits per heavy atom. The number of hydrogen-bond donors (Lipinski definition) is 2. The van der Waals surface area contributed by atoms with E-state index in [4.69, 9.17) is 5.73 Å². The number of nitrogens with one attached hydrogen (secondary N) is 1. The molecule has 1 aliphatic rings. The Hall–Kier alpha value is -3.56. The zero-order valence-corrected chi connectivity index (χ0v) is 14.9. The van der Waals surface area contributed by atoms with Crippen molar-refractivity contribution < 1.29 is 32.3 Å². The zero-order chi connectivity index (χ0) is 21.2. The van der Waals surface area contributed by atoms with Crippen LogP contribution >= 0.6 is 0 Å². The number of primary amides is 1. The summed E-state index contributed by atoms with van der Waals surface area (Å²) in [6, 6.07) is 10.8. The quantitative estimate of drug-likeness (QED) is 0.744. The highest BCUT2D eigenvalue weighted by atomic mass is 19.4. The van der Waals surface area contributed by atoms with Gasteiger partial charge in [-0.1, -0.05) is 6.07 Å². The standard InChI is InChI=1S/C19H16F3N3O4/c20-19(21,22)29-14-3-1-2-13(10-14)25-9-8-15(18(25)28)17(27)24-12-6-4-11(5-7-12)16(23)26/h1-7,10,15H,8-9H2,(H2,23,26)(H,24,27)/t15-/m0/s1. The van der Waals surface area contributed by atoms with Crippen molar-refractivity contribution in [3.63, 3.8) is 0 Å². The molecule has 10 heteroatoms. The number of alkyl halides is 3. The third-order valence-electron chi connectivity index (χ3n) is 4.32. The van der Waals surface area contributed by atoms with E-state index in [2.05, 4.69) is 10.1 Å². The largest absolute Gasteiger partial charge is 0.573 e. The lowest BCUT2D eigenvalue weighted by molar-refractivity contribution is -0.274. The van der Waals surface area contributed by atoms with E-state index in [0.29, 0.717) is 5.69 Å². The molecule has 7 nitrogen and oxygen atoms in total. The van der Waals surface area contributed by atoms with Gasteiger partial charge in [0, 0.05) is 29.5 Å². The first-order valence-corrected chi connectivity index (χ1v) is 8.52. The van der Waals surface area contributed by atoms with Crippen LogP contribution in [0.3, 0.4) is 0 Å². The van der Waals surface area contributed by atoms with Crippen LogP contribution in [0, 0.1) is 5.92 Å². The predicted octanol–water partition coefficient (Wildman–Crippen LogP) is 2.68. The molecule has 1 atom stereocenters. The molecule has 0 aliphatic carbocycles. The summed E-state index contributed by atoms with van der Waals surface area (Å²) in [7, 11) is 0. The molecule has 0 saturated carbocycles. The Kier molecular flexibility index (Phi) is 5.44. The molecule has 0 radical (unpaired) electrons. The van der Waals surface area contributed by atoms with Gasteiger partial charge in [-0.15, -0.1) is 13.2 Å². The summed E-state index contributed by atoms with van der Waals surface area (Å²) >= 11 is 0. The van der Waals surface area contributed by atoms with Crippen molar-refractivity contribution in [1.29, 1.82) is 0 Å². The Bertz CT molecular complexity index is 944. The minimum Gasteiger partial charge on any atom is -0.406 e. The van der Waals surface area contributed by atoms with Crippen molar-refractivity contribution in [2.75, 3.05) is 16.8 Å². The van der Waals surface area contributed by atoms with Crippen molar-refractivity contribution in [2.24, 2.45) is 11.7 Å². The van der Waals surface area contributed by atoms with E-state index < -0.39 is 35.8 Å². The Balaban J connectivity index is 1.68. The minimum atomic E-state index is -4.85. The van der Waals surface area contributed by atoms with Crippen LogP contribution in [0.5, 0.6) is 5.75 Å². The lowest BCUT2D eigenvalue weighted by Gasteiger charge is -2.18. The van der Waals surface area contributed by atoms with Crippen LogP contribution in [0.15, 0.2) is 48.5 Å². The summed E-state index contributed by atoms with van der Waals surface area (Å²) in [5.41, 5.74) is 6.01. The molecule has 2 aromatic carbocycles. The predicted molar refractivity (Wildman–Crippen MR) is 97.2 cm³/mol. The van der Waals surface area contributed by atoms with Crippen molar-refractivity contribution in [1.82, 2.24) is 0 Å². The van der Waals surface area contributed by atoms with Gasteiger partial charge in [-0.25, -0.2) is 0 Å². The highest BCUT2D eigenvalue weighted by Gasteiger charge is 2.38.